The molecule has 0 aromatic heterocycles. The van der Waals surface area contributed by atoms with Crippen molar-refractivity contribution in [1.82, 2.24) is 0 Å². The minimum atomic E-state index is -0.827. The van der Waals surface area contributed by atoms with Crippen molar-refractivity contribution in [2.45, 2.75) is 6.42 Å². The van der Waals surface area contributed by atoms with Crippen LogP contribution >= 0.6 is 0 Å². The molecule has 0 unspecified atom stereocenters. The lowest BCUT2D eigenvalue weighted by molar-refractivity contribution is 0.0472. The first-order chi connectivity index (χ1) is 13.0. The van der Waals surface area contributed by atoms with Crippen LogP contribution in [0.15, 0.2) is 60.7 Å². The van der Waals surface area contributed by atoms with Crippen molar-refractivity contribution in [3.8, 4) is 22.6 Å². The van der Waals surface area contributed by atoms with Crippen LogP contribution < -0.4 is 0 Å². The molecule has 0 radical (unpaired) electrons. The van der Waals surface area contributed by atoms with E-state index in [0.717, 1.165) is 23.6 Å². The third-order valence-electron chi connectivity index (χ3n) is 4.66. The van der Waals surface area contributed by atoms with Crippen LogP contribution in [0.1, 0.15) is 31.8 Å². The van der Waals surface area contributed by atoms with Crippen LogP contribution in [-0.2, 0) is 11.2 Å². The fourth-order valence-corrected chi connectivity index (χ4v) is 3.28. The zero-order valence-corrected chi connectivity index (χ0v) is 14.3. The molecule has 27 heavy (non-hydrogen) atoms. The van der Waals surface area contributed by atoms with Gasteiger partial charge in [-0.3, -0.25) is 4.79 Å². The first-order valence-corrected chi connectivity index (χ1v) is 8.46. The fraction of sp³-hybridized carbons (Fsp3) is 0.0909. The van der Waals surface area contributed by atoms with E-state index in [2.05, 4.69) is 6.07 Å². The predicted molar refractivity (Wildman–Crippen MR) is 99.1 cm³/mol. The molecule has 1 aliphatic rings. The quantitative estimate of drug-likeness (QED) is 0.428. The number of hydrogen-bond donors (Lipinski definition) is 2. The van der Waals surface area contributed by atoms with E-state index in [9.17, 15) is 19.8 Å². The number of carbonyl (C=O) groups is 2. The van der Waals surface area contributed by atoms with Gasteiger partial charge in [0, 0.05) is 11.6 Å². The second-order valence-corrected chi connectivity index (χ2v) is 6.41. The average Bonchev–Trinajstić information content (AvgIpc) is 3.03. The Morgan fingerprint density at radius 2 is 1.67 bits per heavy atom. The lowest BCUT2D eigenvalue weighted by Gasteiger charge is -2.08. The third-order valence-corrected chi connectivity index (χ3v) is 4.66. The highest BCUT2D eigenvalue weighted by molar-refractivity contribution is 6.01. The van der Waals surface area contributed by atoms with Crippen LogP contribution in [-0.4, -0.2) is 28.6 Å². The SMILES string of the molecule is O=C(COC(=O)c1ccc(O)cc1O)c1ccc2c(c1)-c1ccccc1C2. The van der Waals surface area contributed by atoms with Crippen molar-refractivity contribution in [1.29, 1.82) is 0 Å². The number of phenols is 2. The Kier molecular flexibility index (Phi) is 4.12. The number of carbonyl (C=O) groups excluding carboxylic acids is 2. The Hall–Kier alpha value is -3.60. The van der Waals surface area contributed by atoms with E-state index in [0.29, 0.717) is 5.56 Å². The number of fused-ring (bicyclic) bond motifs is 3. The molecule has 0 amide bonds. The van der Waals surface area contributed by atoms with Crippen LogP contribution in [0.2, 0.25) is 0 Å². The van der Waals surface area contributed by atoms with Crippen molar-refractivity contribution < 1.29 is 24.5 Å². The van der Waals surface area contributed by atoms with Gasteiger partial charge in [-0.05, 0) is 46.9 Å². The molecule has 3 aromatic carbocycles. The van der Waals surface area contributed by atoms with Crippen LogP contribution in [0, 0.1) is 0 Å². The summed E-state index contributed by atoms with van der Waals surface area (Å²) in [5.74, 6) is -1.72. The summed E-state index contributed by atoms with van der Waals surface area (Å²) in [5.41, 5.74) is 4.90. The van der Waals surface area contributed by atoms with E-state index >= 15 is 0 Å². The highest BCUT2D eigenvalue weighted by Crippen LogP contribution is 2.36. The second-order valence-electron chi connectivity index (χ2n) is 6.41. The molecule has 0 saturated heterocycles. The molecular weight excluding hydrogens is 344 g/mol. The van der Waals surface area contributed by atoms with Gasteiger partial charge < -0.3 is 14.9 Å². The van der Waals surface area contributed by atoms with Gasteiger partial charge in [0.1, 0.15) is 17.1 Å². The highest BCUT2D eigenvalue weighted by Gasteiger charge is 2.20. The number of aromatic hydroxyl groups is 2. The molecule has 0 aliphatic heterocycles. The molecule has 0 heterocycles. The summed E-state index contributed by atoms with van der Waals surface area (Å²) in [4.78, 5) is 24.5. The van der Waals surface area contributed by atoms with Gasteiger partial charge in [-0.15, -0.1) is 0 Å². The van der Waals surface area contributed by atoms with E-state index in [1.54, 1.807) is 6.07 Å². The zero-order chi connectivity index (χ0) is 19.0. The Bertz CT molecular complexity index is 1070. The summed E-state index contributed by atoms with van der Waals surface area (Å²) in [5, 5.41) is 19.0. The normalized spacial score (nSPS) is 11.6. The van der Waals surface area contributed by atoms with Gasteiger partial charge >= 0.3 is 5.97 Å². The summed E-state index contributed by atoms with van der Waals surface area (Å²) >= 11 is 0. The number of hydrogen-bond acceptors (Lipinski definition) is 5. The van der Waals surface area contributed by atoms with Gasteiger partial charge in [-0.25, -0.2) is 4.79 Å². The van der Waals surface area contributed by atoms with Gasteiger partial charge in [0.05, 0.1) is 0 Å². The molecule has 0 saturated carbocycles. The fourth-order valence-electron chi connectivity index (χ4n) is 3.28. The van der Waals surface area contributed by atoms with Crippen LogP contribution in [0.4, 0.5) is 0 Å². The summed E-state index contributed by atoms with van der Waals surface area (Å²) in [6.07, 6.45) is 0.842. The minimum absolute atomic E-state index is 0.108. The Labute approximate surface area is 155 Å². The molecule has 0 bridgehead atoms. The largest absolute Gasteiger partial charge is 0.508 e. The summed E-state index contributed by atoms with van der Waals surface area (Å²) in [6, 6.07) is 17.1. The van der Waals surface area contributed by atoms with E-state index < -0.39 is 18.3 Å². The molecule has 0 atom stereocenters. The van der Waals surface area contributed by atoms with Gasteiger partial charge in [-0.1, -0.05) is 36.4 Å². The maximum atomic E-state index is 12.5. The highest BCUT2D eigenvalue weighted by atomic mass is 16.5. The first-order valence-electron chi connectivity index (χ1n) is 8.46. The number of ether oxygens (including phenoxy) is 1. The molecule has 134 valence electrons. The third kappa shape index (κ3) is 3.15. The monoisotopic (exact) mass is 360 g/mol. The summed E-state index contributed by atoms with van der Waals surface area (Å²) < 4.78 is 5.02. The standard InChI is InChI=1S/C22H16O5/c23-16-7-8-18(20(24)11-16)22(26)27-12-21(25)15-6-5-14-9-13-3-1-2-4-17(13)19(14)10-15/h1-8,10-11,23-24H,9,12H2. The molecule has 0 spiro atoms. The molecule has 4 rings (SSSR count). The predicted octanol–water partition coefficient (Wildman–Crippen LogP) is 3.71. The van der Waals surface area contributed by atoms with Crippen molar-refractivity contribution in [3.63, 3.8) is 0 Å². The number of esters is 1. The van der Waals surface area contributed by atoms with Gasteiger partial charge in [0.15, 0.2) is 12.4 Å². The number of ketones is 1. The first kappa shape index (κ1) is 16.8. The van der Waals surface area contributed by atoms with Gasteiger partial charge in [0.2, 0.25) is 0 Å². The van der Waals surface area contributed by atoms with E-state index in [1.165, 1.54) is 23.3 Å². The van der Waals surface area contributed by atoms with Crippen LogP contribution in [0.25, 0.3) is 11.1 Å². The molecule has 5 nitrogen and oxygen atoms in total. The molecule has 2 N–H and O–H groups in total. The lowest BCUT2D eigenvalue weighted by atomic mass is 10.0. The lowest BCUT2D eigenvalue weighted by Crippen LogP contribution is -2.14. The van der Waals surface area contributed by atoms with Crippen molar-refractivity contribution >= 4 is 11.8 Å². The van der Waals surface area contributed by atoms with E-state index in [1.807, 2.05) is 30.3 Å². The Balaban J connectivity index is 1.49. The minimum Gasteiger partial charge on any atom is -0.508 e. The number of phenolic OH excluding ortho intramolecular Hbond substituents is 2. The molecular formula is C22H16O5. The van der Waals surface area contributed by atoms with Crippen LogP contribution in [0.5, 0.6) is 11.5 Å². The molecule has 0 fully saturated rings. The molecule has 3 aromatic rings. The van der Waals surface area contributed by atoms with Crippen LogP contribution in [0.3, 0.4) is 0 Å². The van der Waals surface area contributed by atoms with Crippen molar-refractivity contribution in [3.05, 3.63) is 82.9 Å². The van der Waals surface area contributed by atoms with Gasteiger partial charge in [0.25, 0.3) is 0 Å². The second kappa shape index (κ2) is 6.61. The Morgan fingerprint density at radius 1 is 0.889 bits per heavy atom. The average molecular weight is 360 g/mol. The van der Waals surface area contributed by atoms with Crippen molar-refractivity contribution in [2.75, 3.05) is 6.61 Å². The smallest absolute Gasteiger partial charge is 0.342 e. The van der Waals surface area contributed by atoms with E-state index in [-0.39, 0.29) is 17.1 Å². The summed E-state index contributed by atoms with van der Waals surface area (Å²) in [7, 11) is 0. The maximum Gasteiger partial charge on any atom is 0.342 e. The number of Topliss-reactive ketones (excluding diaryl/α,β-unsaturated/α-hetero) is 1. The molecule has 1 aliphatic carbocycles. The zero-order valence-electron chi connectivity index (χ0n) is 14.3. The topological polar surface area (TPSA) is 83.8 Å². The number of rotatable bonds is 4. The summed E-state index contributed by atoms with van der Waals surface area (Å²) in [6.45, 7) is -0.431. The Morgan fingerprint density at radius 3 is 2.48 bits per heavy atom. The van der Waals surface area contributed by atoms with Crippen molar-refractivity contribution in [2.24, 2.45) is 0 Å². The maximum absolute atomic E-state index is 12.5. The van der Waals surface area contributed by atoms with E-state index in [4.69, 9.17) is 4.74 Å². The molecule has 5 heteroatoms. The number of benzene rings is 3. The van der Waals surface area contributed by atoms with Gasteiger partial charge in [-0.2, -0.15) is 0 Å².